The molecule has 2 aliphatic heterocycles. The number of aryl methyl sites for hydroxylation is 1. The molecular weight excluding hydrogens is 422 g/mol. The van der Waals surface area contributed by atoms with Crippen LogP contribution in [-0.2, 0) is 14.3 Å². The highest BCUT2D eigenvalue weighted by atomic mass is 16.5. The maximum absolute atomic E-state index is 12.8. The van der Waals surface area contributed by atoms with Crippen molar-refractivity contribution in [1.29, 1.82) is 0 Å². The van der Waals surface area contributed by atoms with Gasteiger partial charge in [-0.05, 0) is 50.1 Å². The average molecular weight is 454 g/mol. The molecule has 8 heteroatoms. The fourth-order valence-electron chi connectivity index (χ4n) is 4.01. The second kappa shape index (κ2) is 10.2. The summed E-state index contributed by atoms with van der Waals surface area (Å²) in [6, 6.07) is 11.1. The molecular formula is C25H31N3O5. The first-order valence-electron chi connectivity index (χ1n) is 11.3. The Labute approximate surface area is 194 Å². The number of fused-ring (bicyclic) bond motifs is 1. The molecule has 2 heterocycles. The molecule has 2 aromatic rings. The molecule has 0 saturated carbocycles. The summed E-state index contributed by atoms with van der Waals surface area (Å²) in [4.78, 5) is 29.3. The predicted octanol–water partition coefficient (Wildman–Crippen LogP) is 2.77. The summed E-state index contributed by atoms with van der Waals surface area (Å²) < 4.78 is 16.9. The van der Waals surface area contributed by atoms with Crippen LogP contribution in [0.15, 0.2) is 36.4 Å². The van der Waals surface area contributed by atoms with Crippen molar-refractivity contribution >= 4 is 23.2 Å². The Bertz CT molecular complexity index is 1020. The van der Waals surface area contributed by atoms with Gasteiger partial charge in [0.05, 0.1) is 18.9 Å². The molecule has 1 saturated heterocycles. The summed E-state index contributed by atoms with van der Waals surface area (Å²) in [5.74, 6) is 0.953. The number of morpholine rings is 1. The van der Waals surface area contributed by atoms with Crippen LogP contribution in [0.2, 0.25) is 0 Å². The van der Waals surface area contributed by atoms with E-state index in [9.17, 15) is 9.59 Å². The molecule has 2 aliphatic rings. The number of nitrogens with one attached hydrogen (secondary N) is 1. The average Bonchev–Trinajstić information content (AvgIpc) is 2.81. The lowest BCUT2D eigenvalue weighted by Crippen LogP contribution is -2.48. The summed E-state index contributed by atoms with van der Waals surface area (Å²) in [6.45, 7) is 10.2. The van der Waals surface area contributed by atoms with Gasteiger partial charge < -0.3 is 24.4 Å². The van der Waals surface area contributed by atoms with Crippen LogP contribution in [0, 0.1) is 13.8 Å². The van der Waals surface area contributed by atoms with Gasteiger partial charge in [-0.3, -0.25) is 14.5 Å². The molecule has 2 amide bonds. The van der Waals surface area contributed by atoms with Gasteiger partial charge in [-0.25, -0.2) is 0 Å². The van der Waals surface area contributed by atoms with Gasteiger partial charge in [0.15, 0.2) is 12.7 Å². The normalized spacial score (nSPS) is 18.5. The van der Waals surface area contributed by atoms with Gasteiger partial charge in [0.2, 0.25) is 0 Å². The highest BCUT2D eigenvalue weighted by Gasteiger charge is 2.32. The summed E-state index contributed by atoms with van der Waals surface area (Å²) in [7, 11) is 0. The zero-order chi connectivity index (χ0) is 23.4. The Balaban J connectivity index is 1.40. The van der Waals surface area contributed by atoms with Crippen molar-refractivity contribution in [3.63, 3.8) is 0 Å². The van der Waals surface area contributed by atoms with Gasteiger partial charge in [0.1, 0.15) is 11.5 Å². The van der Waals surface area contributed by atoms with Gasteiger partial charge >= 0.3 is 0 Å². The molecule has 0 aliphatic carbocycles. The second-order valence-electron chi connectivity index (χ2n) is 8.42. The second-order valence-corrected chi connectivity index (χ2v) is 8.42. The third-order valence-corrected chi connectivity index (χ3v) is 6.11. The van der Waals surface area contributed by atoms with Crippen molar-refractivity contribution in [1.82, 2.24) is 4.90 Å². The van der Waals surface area contributed by atoms with E-state index in [0.717, 1.165) is 49.7 Å². The van der Waals surface area contributed by atoms with E-state index in [1.807, 2.05) is 38.1 Å². The number of hydrogen-bond donors (Lipinski definition) is 1. The molecule has 176 valence electrons. The van der Waals surface area contributed by atoms with E-state index in [1.165, 1.54) is 0 Å². The number of ether oxygens (including phenoxy) is 3. The first kappa shape index (κ1) is 23.1. The monoisotopic (exact) mass is 453 g/mol. The SMILES string of the molecule is Cc1cccc(OCC(=O)Nc2ccc3c(c2)OC(C)C(=O)N3CCN2CCOCC2)c1C. The van der Waals surface area contributed by atoms with Crippen LogP contribution in [0.5, 0.6) is 11.5 Å². The van der Waals surface area contributed by atoms with Crippen molar-refractivity contribution in [3.8, 4) is 11.5 Å². The molecule has 0 bridgehead atoms. The molecule has 1 fully saturated rings. The lowest BCUT2D eigenvalue weighted by atomic mass is 10.1. The van der Waals surface area contributed by atoms with Crippen molar-refractivity contribution < 1.29 is 23.8 Å². The lowest BCUT2D eigenvalue weighted by Gasteiger charge is -2.35. The van der Waals surface area contributed by atoms with Crippen molar-refractivity contribution in [2.24, 2.45) is 0 Å². The molecule has 1 atom stereocenters. The topological polar surface area (TPSA) is 80.3 Å². The van der Waals surface area contributed by atoms with Crippen molar-refractivity contribution in [3.05, 3.63) is 47.5 Å². The minimum Gasteiger partial charge on any atom is -0.483 e. The van der Waals surface area contributed by atoms with Gasteiger partial charge in [-0.1, -0.05) is 12.1 Å². The number of carbonyl (C=O) groups excluding carboxylic acids is 2. The Kier molecular flexibility index (Phi) is 7.15. The van der Waals surface area contributed by atoms with Gasteiger partial charge in [-0.2, -0.15) is 0 Å². The van der Waals surface area contributed by atoms with E-state index < -0.39 is 6.10 Å². The molecule has 33 heavy (non-hydrogen) atoms. The van der Waals surface area contributed by atoms with E-state index in [2.05, 4.69) is 10.2 Å². The van der Waals surface area contributed by atoms with Crippen LogP contribution in [0.3, 0.4) is 0 Å². The van der Waals surface area contributed by atoms with Crippen LogP contribution in [0.25, 0.3) is 0 Å². The summed E-state index contributed by atoms with van der Waals surface area (Å²) in [6.07, 6.45) is -0.583. The van der Waals surface area contributed by atoms with Gasteiger partial charge in [-0.15, -0.1) is 0 Å². The number of amides is 2. The molecule has 0 radical (unpaired) electrons. The Hall–Kier alpha value is -3.10. The number of hydrogen-bond acceptors (Lipinski definition) is 6. The largest absolute Gasteiger partial charge is 0.483 e. The van der Waals surface area contributed by atoms with E-state index in [0.29, 0.717) is 23.7 Å². The standard InChI is InChI=1S/C25H31N3O5/c1-17-5-4-6-22(18(17)2)32-16-24(29)26-20-7-8-21-23(15-20)33-19(3)25(30)28(21)10-9-27-11-13-31-14-12-27/h4-8,15,19H,9-14,16H2,1-3H3,(H,26,29). The molecule has 1 unspecified atom stereocenters. The zero-order valence-electron chi connectivity index (χ0n) is 19.4. The third-order valence-electron chi connectivity index (χ3n) is 6.11. The molecule has 0 spiro atoms. The van der Waals surface area contributed by atoms with E-state index in [1.54, 1.807) is 24.0 Å². The summed E-state index contributed by atoms with van der Waals surface area (Å²) in [5.41, 5.74) is 3.44. The zero-order valence-corrected chi connectivity index (χ0v) is 19.4. The highest BCUT2D eigenvalue weighted by Crippen LogP contribution is 2.36. The van der Waals surface area contributed by atoms with Gasteiger partial charge in [0.25, 0.3) is 11.8 Å². The Morgan fingerprint density at radius 1 is 1.15 bits per heavy atom. The predicted molar refractivity (Wildman–Crippen MR) is 126 cm³/mol. The number of nitrogens with zero attached hydrogens (tertiary/aromatic N) is 2. The Morgan fingerprint density at radius 3 is 2.73 bits per heavy atom. The first-order chi connectivity index (χ1) is 15.9. The smallest absolute Gasteiger partial charge is 0.267 e. The van der Waals surface area contributed by atoms with Crippen molar-refractivity contribution in [2.75, 3.05) is 56.2 Å². The van der Waals surface area contributed by atoms with Gasteiger partial charge in [0, 0.05) is 37.9 Å². The molecule has 1 N–H and O–H groups in total. The van der Waals surface area contributed by atoms with Crippen LogP contribution in [-0.4, -0.2) is 68.8 Å². The third kappa shape index (κ3) is 5.46. The molecule has 8 nitrogen and oxygen atoms in total. The number of anilines is 2. The number of benzene rings is 2. The Morgan fingerprint density at radius 2 is 1.94 bits per heavy atom. The number of carbonyl (C=O) groups is 2. The quantitative estimate of drug-likeness (QED) is 0.695. The van der Waals surface area contributed by atoms with E-state index in [-0.39, 0.29) is 18.4 Å². The molecule has 2 aromatic carbocycles. The number of rotatable bonds is 7. The van der Waals surface area contributed by atoms with E-state index >= 15 is 0 Å². The highest BCUT2D eigenvalue weighted by molar-refractivity contribution is 6.00. The van der Waals surface area contributed by atoms with E-state index in [4.69, 9.17) is 14.2 Å². The fourth-order valence-corrected chi connectivity index (χ4v) is 4.01. The molecule has 0 aromatic heterocycles. The van der Waals surface area contributed by atoms with Crippen LogP contribution in [0.4, 0.5) is 11.4 Å². The maximum Gasteiger partial charge on any atom is 0.267 e. The van der Waals surface area contributed by atoms with Crippen LogP contribution < -0.4 is 19.7 Å². The van der Waals surface area contributed by atoms with Crippen LogP contribution in [0.1, 0.15) is 18.1 Å². The molecule has 4 rings (SSSR count). The minimum absolute atomic E-state index is 0.0607. The fraction of sp³-hybridized carbons (Fsp3) is 0.440. The van der Waals surface area contributed by atoms with Crippen molar-refractivity contribution in [2.45, 2.75) is 26.9 Å². The lowest BCUT2D eigenvalue weighted by molar-refractivity contribution is -0.125. The minimum atomic E-state index is -0.583. The maximum atomic E-state index is 12.8. The summed E-state index contributed by atoms with van der Waals surface area (Å²) >= 11 is 0. The first-order valence-corrected chi connectivity index (χ1v) is 11.3. The van der Waals surface area contributed by atoms with Crippen LogP contribution >= 0.6 is 0 Å². The summed E-state index contributed by atoms with van der Waals surface area (Å²) in [5, 5.41) is 2.85.